The Morgan fingerprint density at radius 2 is 1.67 bits per heavy atom. The summed E-state index contributed by atoms with van der Waals surface area (Å²) in [7, 11) is -3.68. The lowest BCUT2D eigenvalue weighted by molar-refractivity contribution is -0.117. The van der Waals surface area contributed by atoms with Gasteiger partial charge in [-0.1, -0.05) is 38.0 Å². The predicted molar refractivity (Wildman–Crippen MR) is 120 cm³/mol. The van der Waals surface area contributed by atoms with E-state index in [0.717, 1.165) is 42.6 Å². The van der Waals surface area contributed by atoms with Gasteiger partial charge in [-0.2, -0.15) is 8.42 Å². The maximum Gasteiger partial charge on any atom is 0.297 e. The molecule has 1 aromatic rings. The van der Waals surface area contributed by atoms with Gasteiger partial charge in [0.25, 0.3) is 10.1 Å². The molecule has 5 rings (SSSR count). The van der Waals surface area contributed by atoms with Gasteiger partial charge >= 0.3 is 0 Å². The topological polar surface area (TPSA) is 43.4 Å². The third kappa shape index (κ3) is 3.37. The van der Waals surface area contributed by atoms with Crippen LogP contribution in [0.2, 0.25) is 0 Å². The lowest BCUT2D eigenvalue weighted by Gasteiger charge is -2.60. The smallest absolute Gasteiger partial charge is 0.263 e. The van der Waals surface area contributed by atoms with Crippen LogP contribution in [0.4, 0.5) is 0 Å². The van der Waals surface area contributed by atoms with Crippen LogP contribution < -0.4 is 0 Å². The van der Waals surface area contributed by atoms with Gasteiger partial charge in [-0.3, -0.25) is 4.18 Å². The number of hydrogen-bond acceptors (Lipinski definition) is 3. The maximum atomic E-state index is 12.8. The van der Waals surface area contributed by atoms with Crippen LogP contribution >= 0.6 is 0 Å². The van der Waals surface area contributed by atoms with E-state index in [1.54, 1.807) is 12.1 Å². The van der Waals surface area contributed by atoms with Gasteiger partial charge in [0, 0.05) is 0 Å². The average Bonchev–Trinajstić information content (AvgIpc) is 3.10. The minimum atomic E-state index is -3.68. The molecule has 0 radical (unpaired) electrons. The van der Waals surface area contributed by atoms with E-state index in [1.807, 2.05) is 19.1 Å². The van der Waals surface area contributed by atoms with Crippen LogP contribution in [0.5, 0.6) is 0 Å². The Bertz CT molecular complexity index is 891. The molecular weight excluding hydrogens is 392 g/mol. The van der Waals surface area contributed by atoms with Crippen molar-refractivity contribution >= 4 is 10.1 Å². The highest BCUT2D eigenvalue weighted by Crippen LogP contribution is 2.66. The third-order valence-corrected chi connectivity index (χ3v) is 11.3. The number of benzene rings is 1. The molecule has 1 aromatic carbocycles. The molecule has 0 heterocycles. The summed E-state index contributed by atoms with van der Waals surface area (Å²) in [6, 6.07) is 7.03. The van der Waals surface area contributed by atoms with E-state index in [1.165, 1.54) is 44.9 Å². The van der Waals surface area contributed by atoms with Crippen molar-refractivity contribution in [3.63, 3.8) is 0 Å². The van der Waals surface area contributed by atoms with Crippen molar-refractivity contribution in [1.82, 2.24) is 0 Å². The predicted octanol–water partition coefficient (Wildman–Crippen LogP) is 6.50. The lowest BCUT2D eigenvalue weighted by Crippen LogP contribution is -2.53. The number of rotatable bonds is 3. The number of hydrogen-bond donors (Lipinski definition) is 0. The van der Waals surface area contributed by atoms with E-state index in [4.69, 9.17) is 4.18 Å². The van der Waals surface area contributed by atoms with E-state index < -0.39 is 10.1 Å². The summed E-state index contributed by atoms with van der Waals surface area (Å²) in [4.78, 5) is 0.290. The van der Waals surface area contributed by atoms with Gasteiger partial charge in [0.05, 0.1) is 11.0 Å². The van der Waals surface area contributed by atoms with Gasteiger partial charge in [-0.25, -0.2) is 0 Å². The molecule has 0 amide bonds. The largest absolute Gasteiger partial charge is 0.297 e. The van der Waals surface area contributed by atoms with Crippen LogP contribution in [0.15, 0.2) is 29.2 Å². The van der Waals surface area contributed by atoms with Crippen molar-refractivity contribution in [3.8, 4) is 0 Å². The zero-order valence-electron chi connectivity index (χ0n) is 18.9. The van der Waals surface area contributed by atoms with Crippen molar-refractivity contribution in [2.45, 2.75) is 96.0 Å². The number of fused-ring (bicyclic) bond motifs is 5. The van der Waals surface area contributed by atoms with Crippen LogP contribution in [-0.2, 0) is 14.3 Å². The van der Waals surface area contributed by atoms with Gasteiger partial charge in [0.15, 0.2) is 0 Å². The van der Waals surface area contributed by atoms with Gasteiger partial charge in [-0.05, 0) is 111 Å². The third-order valence-electron chi connectivity index (χ3n) is 9.97. The molecule has 0 bridgehead atoms. The molecule has 7 atom stereocenters. The molecule has 0 aliphatic heterocycles. The van der Waals surface area contributed by atoms with E-state index in [2.05, 4.69) is 13.8 Å². The first-order valence-electron chi connectivity index (χ1n) is 12.2. The summed E-state index contributed by atoms with van der Waals surface area (Å²) < 4.78 is 31.4. The number of aryl methyl sites for hydroxylation is 1. The summed E-state index contributed by atoms with van der Waals surface area (Å²) in [6.45, 7) is 7.07. The standard InChI is InChI=1S/C26H38O3S/c1-18-6-9-21(10-7-18)30(27,28)29-20-12-16-26(3)19(17-20)8-11-22-23-5-4-14-25(23,2)15-13-24(22)26/h6-7,9-10,19-20,22-24H,4-5,8,11-17H2,1-3H3/t19-,20+,22+,23-,24+,25-,26+/m1/s1. The van der Waals surface area contributed by atoms with Crippen LogP contribution in [0, 0.1) is 41.4 Å². The summed E-state index contributed by atoms with van der Waals surface area (Å²) in [5, 5.41) is 0. The molecule has 166 valence electrons. The monoisotopic (exact) mass is 430 g/mol. The summed E-state index contributed by atoms with van der Waals surface area (Å²) in [5.41, 5.74) is 2.04. The first kappa shape index (κ1) is 21.0. The molecule has 0 spiro atoms. The van der Waals surface area contributed by atoms with Crippen molar-refractivity contribution in [2.24, 2.45) is 34.5 Å². The van der Waals surface area contributed by atoms with Crippen molar-refractivity contribution in [2.75, 3.05) is 0 Å². The zero-order valence-corrected chi connectivity index (χ0v) is 19.7. The Hall–Kier alpha value is -0.870. The molecule has 4 saturated carbocycles. The minimum Gasteiger partial charge on any atom is -0.263 e. The molecule has 0 saturated heterocycles. The van der Waals surface area contributed by atoms with Crippen LogP contribution in [0.1, 0.15) is 83.6 Å². The van der Waals surface area contributed by atoms with E-state index >= 15 is 0 Å². The van der Waals surface area contributed by atoms with Crippen molar-refractivity contribution in [1.29, 1.82) is 0 Å². The van der Waals surface area contributed by atoms with E-state index in [9.17, 15) is 8.42 Å². The molecule has 4 aliphatic carbocycles. The first-order valence-corrected chi connectivity index (χ1v) is 13.6. The fourth-order valence-electron chi connectivity index (χ4n) is 8.24. The zero-order chi connectivity index (χ0) is 21.1. The highest BCUT2D eigenvalue weighted by Gasteiger charge is 2.58. The Labute approximate surface area is 183 Å². The summed E-state index contributed by atoms with van der Waals surface area (Å²) in [5.74, 6) is 3.28. The second-order valence-corrected chi connectivity index (χ2v) is 13.1. The summed E-state index contributed by atoms with van der Waals surface area (Å²) >= 11 is 0. The van der Waals surface area contributed by atoms with Gasteiger partial charge in [0.1, 0.15) is 0 Å². The van der Waals surface area contributed by atoms with Gasteiger partial charge in [-0.15, -0.1) is 0 Å². The normalized spacial score (nSPS) is 43.5. The molecule has 0 N–H and O–H groups in total. The summed E-state index contributed by atoms with van der Waals surface area (Å²) in [6.07, 6.45) is 12.5. The molecule has 4 heteroatoms. The first-order chi connectivity index (χ1) is 14.2. The Kier molecular flexibility index (Phi) is 5.13. The minimum absolute atomic E-state index is 0.161. The molecule has 4 fully saturated rings. The van der Waals surface area contributed by atoms with Crippen LogP contribution in [0.3, 0.4) is 0 Å². The SMILES string of the molecule is Cc1ccc(S(=O)(=O)O[C@H]2CC[C@@]3(C)[C@H](CC[C@H]4[C@H]5CCC[C@]5(C)CC[C@@H]43)C2)cc1. The lowest BCUT2D eigenvalue weighted by atomic mass is 9.45. The highest BCUT2D eigenvalue weighted by molar-refractivity contribution is 7.86. The molecule has 0 unspecified atom stereocenters. The van der Waals surface area contributed by atoms with Crippen molar-refractivity contribution < 1.29 is 12.6 Å². The average molecular weight is 431 g/mol. The van der Waals surface area contributed by atoms with Crippen molar-refractivity contribution in [3.05, 3.63) is 29.8 Å². The second kappa shape index (κ2) is 7.33. The molecule has 4 aliphatic rings. The highest BCUT2D eigenvalue weighted by atomic mass is 32.2. The fourth-order valence-corrected chi connectivity index (χ4v) is 9.35. The van der Waals surface area contributed by atoms with Crippen LogP contribution in [-0.4, -0.2) is 14.5 Å². The Morgan fingerprint density at radius 1 is 0.900 bits per heavy atom. The van der Waals surface area contributed by atoms with Gasteiger partial charge < -0.3 is 0 Å². The Balaban J connectivity index is 1.30. The fraction of sp³-hybridized carbons (Fsp3) is 0.769. The van der Waals surface area contributed by atoms with E-state index in [0.29, 0.717) is 16.7 Å². The van der Waals surface area contributed by atoms with Crippen LogP contribution in [0.25, 0.3) is 0 Å². The molecule has 3 nitrogen and oxygen atoms in total. The molecular formula is C26H38O3S. The quantitative estimate of drug-likeness (QED) is 0.514. The second-order valence-electron chi connectivity index (χ2n) is 11.5. The molecule has 0 aromatic heterocycles. The van der Waals surface area contributed by atoms with E-state index in [-0.39, 0.29) is 11.0 Å². The maximum absolute atomic E-state index is 12.8. The molecule has 30 heavy (non-hydrogen) atoms. The van der Waals surface area contributed by atoms with Gasteiger partial charge in [0.2, 0.25) is 0 Å². The Morgan fingerprint density at radius 3 is 2.43 bits per heavy atom.